The van der Waals surface area contributed by atoms with Gasteiger partial charge in [-0.3, -0.25) is 4.79 Å². The number of benzene rings is 1. The Morgan fingerprint density at radius 3 is 2.48 bits per heavy atom. The molecule has 0 saturated heterocycles. The summed E-state index contributed by atoms with van der Waals surface area (Å²) >= 11 is 0. The average molecular weight is 455 g/mol. The van der Waals surface area contributed by atoms with Crippen molar-refractivity contribution in [1.29, 1.82) is 0 Å². The third-order valence-electron chi connectivity index (χ3n) is 8.08. The van der Waals surface area contributed by atoms with Crippen LogP contribution in [0.3, 0.4) is 0 Å². The summed E-state index contributed by atoms with van der Waals surface area (Å²) in [6.07, 6.45) is 8.26. The lowest BCUT2D eigenvalue weighted by Crippen LogP contribution is -2.45. The molecule has 33 heavy (non-hydrogen) atoms. The van der Waals surface area contributed by atoms with Crippen LogP contribution in [-0.2, 0) is 11.2 Å². The Labute approximate surface area is 200 Å². The van der Waals surface area contributed by atoms with Crippen molar-refractivity contribution in [3.05, 3.63) is 46.1 Å². The van der Waals surface area contributed by atoms with Gasteiger partial charge in [0.05, 0.1) is 19.8 Å². The van der Waals surface area contributed by atoms with Crippen molar-refractivity contribution in [2.24, 2.45) is 10.8 Å². The summed E-state index contributed by atoms with van der Waals surface area (Å²) in [5, 5.41) is 10.6. The van der Waals surface area contributed by atoms with E-state index in [0.29, 0.717) is 6.42 Å². The second-order valence-electron chi connectivity index (χ2n) is 11.4. The molecular weight excluding hydrogens is 412 g/mol. The minimum absolute atomic E-state index is 0.00984. The number of rotatable bonds is 8. The molecule has 0 amide bonds. The van der Waals surface area contributed by atoms with Gasteiger partial charge in [-0.2, -0.15) is 0 Å². The summed E-state index contributed by atoms with van der Waals surface area (Å²) < 4.78 is 11.1. The normalized spacial score (nSPS) is 26.0. The predicted octanol–water partition coefficient (Wildman–Crippen LogP) is 6.52. The zero-order chi connectivity index (χ0) is 24.6. The second-order valence-corrected chi connectivity index (χ2v) is 11.4. The lowest BCUT2D eigenvalue weighted by atomic mass is 9.56. The summed E-state index contributed by atoms with van der Waals surface area (Å²) in [5.74, 6) is 1.99. The molecule has 2 aliphatic carbocycles. The van der Waals surface area contributed by atoms with E-state index in [-0.39, 0.29) is 16.6 Å². The highest BCUT2D eigenvalue weighted by Crippen LogP contribution is 2.61. The molecule has 2 atom stereocenters. The number of fused-ring (bicyclic) bond motifs is 1. The molecule has 0 aliphatic heterocycles. The van der Waals surface area contributed by atoms with E-state index in [1.807, 2.05) is 19.1 Å². The molecule has 0 heterocycles. The van der Waals surface area contributed by atoms with Gasteiger partial charge in [-0.1, -0.05) is 37.5 Å². The fraction of sp³-hybridized carbons (Fsp3) is 0.621. The first kappa shape index (κ1) is 25.6. The Kier molecular flexibility index (Phi) is 7.19. The van der Waals surface area contributed by atoms with Crippen LogP contribution in [0.2, 0.25) is 0 Å². The predicted molar refractivity (Wildman–Crippen MR) is 134 cm³/mol. The van der Waals surface area contributed by atoms with Gasteiger partial charge >= 0.3 is 0 Å². The first-order valence-corrected chi connectivity index (χ1v) is 12.2. The minimum Gasteiger partial charge on any atom is -0.497 e. The zero-order valence-corrected chi connectivity index (χ0v) is 21.9. The van der Waals surface area contributed by atoms with Gasteiger partial charge in [0.15, 0.2) is 5.78 Å². The standard InChI is InChI=1S/C29H42O4/c1-19(10-11-21-16-23(32-7)15-20(2)25(21)33-8)14-22-17-28(5)12-9-13-29(28,6)26(30)24(22)18-27(3,4)31/h10,15-16,31H,9,11-14,17-18H2,1-8H3/b19-10-. The number of allylic oxidation sites excluding steroid dienone is 3. The van der Waals surface area contributed by atoms with Gasteiger partial charge in [-0.25, -0.2) is 0 Å². The Bertz CT molecular complexity index is 978. The molecular formula is C29H42O4. The summed E-state index contributed by atoms with van der Waals surface area (Å²) in [7, 11) is 3.38. The molecule has 1 aromatic rings. The average Bonchev–Trinajstić information content (AvgIpc) is 3.03. The van der Waals surface area contributed by atoms with Crippen LogP contribution in [-0.4, -0.2) is 30.7 Å². The SMILES string of the molecule is COc1cc(C)c(OC)c(C/C=C(/C)CC2=C(CC(C)(C)O)C(=O)C3(C)CCCC3(C)C2)c1. The van der Waals surface area contributed by atoms with Crippen LogP contribution in [0.4, 0.5) is 0 Å². The second kappa shape index (κ2) is 9.29. The monoisotopic (exact) mass is 454 g/mol. The molecule has 1 saturated carbocycles. The first-order valence-electron chi connectivity index (χ1n) is 12.2. The largest absolute Gasteiger partial charge is 0.497 e. The lowest BCUT2D eigenvalue weighted by Gasteiger charge is -2.46. The van der Waals surface area contributed by atoms with E-state index >= 15 is 0 Å². The van der Waals surface area contributed by atoms with Gasteiger partial charge in [-0.05, 0) is 88.5 Å². The van der Waals surface area contributed by atoms with Crippen LogP contribution in [0.1, 0.15) is 84.3 Å². The van der Waals surface area contributed by atoms with Crippen molar-refractivity contribution in [3.8, 4) is 11.5 Å². The summed E-state index contributed by atoms with van der Waals surface area (Å²) in [6, 6.07) is 4.02. The molecule has 4 heteroatoms. The molecule has 2 unspecified atom stereocenters. The van der Waals surface area contributed by atoms with E-state index in [1.165, 1.54) is 11.1 Å². The fourth-order valence-corrected chi connectivity index (χ4v) is 6.02. The maximum absolute atomic E-state index is 13.8. The highest BCUT2D eigenvalue weighted by molar-refractivity contribution is 6.02. The van der Waals surface area contributed by atoms with Crippen molar-refractivity contribution in [2.75, 3.05) is 14.2 Å². The molecule has 182 valence electrons. The van der Waals surface area contributed by atoms with E-state index in [0.717, 1.165) is 66.7 Å². The number of methoxy groups -OCH3 is 2. The Morgan fingerprint density at radius 1 is 1.18 bits per heavy atom. The number of aliphatic hydroxyl groups is 1. The molecule has 3 rings (SSSR count). The number of ether oxygens (including phenoxy) is 2. The molecule has 0 radical (unpaired) electrons. The third kappa shape index (κ3) is 5.06. The lowest BCUT2D eigenvalue weighted by molar-refractivity contribution is -0.131. The molecule has 1 fully saturated rings. The smallest absolute Gasteiger partial charge is 0.165 e. The van der Waals surface area contributed by atoms with Crippen LogP contribution in [0, 0.1) is 17.8 Å². The molecule has 1 N–H and O–H groups in total. The van der Waals surface area contributed by atoms with Gasteiger partial charge in [0.1, 0.15) is 11.5 Å². The van der Waals surface area contributed by atoms with Crippen LogP contribution < -0.4 is 9.47 Å². The molecule has 2 aliphatic rings. The number of Topliss-reactive ketones (excluding diaryl/α,β-unsaturated/α-hetero) is 1. The number of ketones is 1. The van der Waals surface area contributed by atoms with Crippen LogP contribution >= 0.6 is 0 Å². The number of hydrogen-bond acceptors (Lipinski definition) is 4. The highest BCUT2D eigenvalue weighted by Gasteiger charge is 2.56. The summed E-state index contributed by atoms with van der Waals surface area (Å²) in [6.45, 7) is 12.2. The number of hydrogen-bond donors (Lipinski definition) is 1. The summed E-state index contributed by atoms with van der Waals surface area (Å²) in [4.78, 5) is 13.8. The van der Waals surface area contributed by atoms with Crippen LogP contribution in [0.25, 0.3) is 0 Å². The maximum Gasteiger partial charge on any atom is 0.165 e. The van der Waals surface area contributed by atoms with Crippen LogP contribution in [0.15, 0.2) is 34.9 Å². The van der Waals surface area contributed by atoms with Gasteiger partial charge in [0, 0.05) is 17.4 Å². The fourth-order valence-electron chi connectivity index (χ4n) is 6.02. The molecule has 0 aromatic heterocycles. The minimum atomic E-state index is -0.901. The Hall–Kier alpha value is -2.07. The van der Waals surface area contributed by atoms with E-state index in [4.69, 9.17) is 9.47 Å². The molecule has 0 spiro atoms. The molecule has 1 aromatic carbocycles. The van der Waals surface area contributed by atoms with E-state index in [2.05, 4.69) is 26.8 Å². The maximum atomic E-state index is 13.8. The van der Waals surface area contributed by atoms with E-state index < -0.39 is 5.60 Å². The number of aryl methyl sites for hydroxylation is 1. The Balaban J connectivity index is 1.92. The zero-order valence-electron chi connectivity index (χ0n) is 21.9. The molecule has 0 bridgehead atoms. The van der Waals surface area contributed by atoms with Gasteiger partial charge in [-0.15, -0.1) is 0 Å². The summed E-state index contributed by atoms with van der Waals surface area (Å²) in [5.41, 5.74) is 4.27. The van der Waals surface area contributed by atoms with Crippen molar-refractivity contribution in [1.82, 2.24) is 0 Å². The van der Waals surface area contributed by atoms with Crippen molar-refractivity contribution in [3.63, 3.8) is 0 Å². The van der Waals surface area contributed by atoms with Gasteiger partial charge < -0.3 is 14.6 Å². The number of carbonyl (C=O) groups excluding carboxylic acids is 1. The van der Waals surface area contributed by atoms with Gasteiger partial charge in [0.2, 0.25) is 0 Å². The van der Waals surface area contributed by atoms with E-state index in [1.54, 1.807) is 28.1 Å². The first-order chi connectivity index (χ1) is 15.3. The molecule has 4 nitrogen and oxygen atoms in total. The number of carbonyl (C=O) groups is 1. The highest BCUT2D eigenvalue weighted by atomic mass is 16.5. The van der Waals surface area contributed by atoms with E-state index in [9.17, 15) is 9.90 Å². The van der Waals surface area contributed by atoms with Crippen LogP contribution in [0.5, 0.6) is 11.5 Å². The van der Waals surface area contributed by atoms with Crippen molar-refractivity contribution in [2.45, 2.75) is 92.1 Å². The van der Waals surface area contributed by atoms with Crippen molar-refractivity contribution >= 4 is 5.78 Å². The Morgan fingerprint density at radius 2 is 1.88 bits per heavy atom. The third-order valence-corrected chi connectivity index (χ3v) is 8.08. The quantitative estimate of drug-likeness (QED) is 0.454. The topological polar surface area (TPSA) is 55.8 Å². The van der Waals surface area contributed by atoms with Crippen molar-refractivity contribution < 1.29 is 19.4 Å². The van der Waals surface area contributed by atoms with Gasteiger partial charge in [0.25, 0.3) is 0 Å².